The van der Waals surface area contributed by atoms with Crippen molar-refractivity contribution in [3.05, 3.63) is 59.3 Å². The monoisotopic (exact) mass is 447 g/mol. The minimum Gasteiger partial charge on any atom is -0.496 e. The quantitative estimate of drug-likeness (QED) is 0.589. The number of pyridine rings is 2. The van der Waals surface area contributed by atoms with E-state index >= 15 is 0 Å². The Bertz CT molecular complexity index is 1150. The van der Waals surface area contributed by atoms with E-state index in [4.69, 9.17) is 10.5 Å². The van der Waals surface area contributed by atoms with Crippen LogP contribution < -0.4 is 20.3 Å². The second-order valence-corrected chi connectivity index (χ2v) is 8.24. The number of carbonyl (C=O) groups excluding carboxylic acids is 1. The highest BCUT2D eigenvalue weighted by Gasteiger charge is 2.37. The topological polar surface area (TPSA) is 110 Å². The number of nitrogens with zero attached hydrogens (tertiary/aromatic N) is 6. The summed E-state index contributed by atoms with van der Waals surface area (Å²) in [6, 6.07) is 3.53. The number of hydrogen-bond acceptors (Lipinski definition) is 8. The van der Waals surface area contributed by atoms with E-state index in [1.807, 2.05) is 44.0 Å². The first kappa shape index (κ1) is 22.4. The Balaban J connectivity index is 1.62. The predicted octanol–water partition coefficient (Wildman–Crippen LogP) is 2.85. The van der Waals surface area contributed by atoms with Gasteiger partial charge in [-0.3, -0.25) is 14.8 Å². The van der Waals surface area contributed by atoms with Gasteiger partial charge in [-0.25, -0.2) is 4.98 Å². The number of ether oxygens (including phenoxy) is 1. The van der Waals surface area contributed by atoms with Gasteiger partial charge in [0.15, 0.2) is 5.82 Å². The molecule has 0 saturated carbocycles. The predicted molar refractivity (Wildman–Crippen MR) is 127 cm³/mol. The Morgan fingerprint density at radius 2 is 2.00 bits per heavy atom. The number of aromatic nitrogens is 4. The van der Waals surface area contributed by atoms with Gasteiger partial charge in [-0.15, -0.1) is 0 Å². The lowest BCUT2D eigenvalue weighted by molar-refractivity contribution is -0.119. The largest absolute Gasteiger partial charge is 0.496 e. The van der Waals surface area contributed by atoms with Crippen molar-refractivity contribution in [2.75, 3.05) is 29.2 Å². The van der Waals surface area contributed by atoms with E-state index in [-0.39, 0.29) is 11.9 Å². The van der Waals surface area contributed by atoms with Crippen LogP contribution in [0.1, 0.15) is 35.7 Å². The third-order valence-corrected chi connectivity index (χ3v) is 6.06. The van der Waals surface area contributed by atoms with E-state index in [0.29, 0.717) is 24.6 Å². The Kier molecular flexibility index (Phi) is 6.39. The molecular weight excluding hydrogens is 418 g/mol. The normalized spacial score (nSPS) is 15.5. The third-order valence-electron chi connectivity index (χ3n) is 6.06. The molecule has 1 atom stereocenters. The van der Waals surface area contributed by atoms with Crippen LogP contribution in [0.4, 0.5) is 17.5 Å². The molecule has 0 spiro atoms. The number of aryl methyl sites for hydroxylation is 2. The lowest BCUT2D eigenvalue weighted by atomic mass is 10.1. The van der Waals surface area contributed by atoms with Crippen LogP contribution in [0.2, 0.25) is 0 Å². The Hall–Kier alpha value is -3.75. The number of hydrogen-bond donors (Lipinski definition) is 1. The Morgan fingerprint density at radius 3 is 2.73 bits per heavy atom. The fourth-order valence-electron chi connectivity index (χ4n) is 4.26. The number of nitrogens with two attached hydrogens (primary N) is 1. The van der Waals surface area contributed by atoms with Crippen LogP contribution in [-0.4, -0.2) is 45.5 Å². The number of carbonyl (C=O) groups is 1. The summed E-state index contributed by atoms with van der Waals surface area (Å²) in [5.74, 6) is 1.60. The molecular formula is C24H29N7O2. The van der Waals surface area contributed by atoms with Crippen LogP contribution in [-0.2, 0) is 17.8 Å². The van der Waals surface area contributed by atoms with Crippen molar-refractivity contribution in [3.8, 4) is 5.75 Å². The van der Waals surface area contributed by atoms with Gasteiger partial charge in [0.25, 0.3) is 0 Å². The second-order valence-electron chi connectivity index (χ2n) is 8.24. The van der Waals surface area contributed by atoms with E-state index in [2.05, 4.69) is 19.9 Å². The fourth-order valence-corrected chi connectivity index (χ4v) is 4.26. The van der Waals surface area contributed by atoms with Crippen molar-refractivity contribution < 1.29 is 9.53 Å². The molecule has 0 aliphatic carbocycles. The molecule has 1 aliphatic heterocycles. The minimum atomic E-state index is -0.432. The van der Waals surface area contributed by atoms with Gasteiger partial charge in [0, 0.05) is 36.3 Å². The van der Waals surface area contributed by atoms with Crippen molar-refractivity contribution in [3.63, 3.8) is 0 Å². The Labute approximate surface area is 193 Å². The molecule has 9 heteroatoms. The summed E-state index contributed by atoms with van der Waals surface area (Å²) in [4.78, 5) is 34.6. The van der Waals surface area contributed by atoms with Gasteiger partial charge in [-0.1, -0.05) is 6.07 Å². The zero-order valence-electron chi connectivity index (χ0n) is 19.4. The van der Waals surface area contributed by atoms with Gasteiger partial charge in [0.05, 0.1) is 25.5 Å². The van der Waals surface area contributed by atoms with Crippen LogP contribution in [0.15, 0.2) is 36.9 Å². The highest BCUT2D eigenvalue weighted by atomic mass is 16.5. The van der Waals surface area contributed by atoms with E-state index in [9.17, 15) is 4.79 Å². The van der Waals surface area contributed by atoms with E-state index < -0.39 is 6.04 Å². The average molecular weight is 448 g/mol. The number of amides is 1. The number of rotatable bonds is 7. The smallest absolute Gasteiger partial charge is 0.249 e. The highest BCUT2D eigenvalue weighted by Crippen LogP contribution is 2.36. The van der Waals surface area contributed by atoms with E-state index in [1.165, 1.54) is 0 Å². The van der Waals surface area contributed by atoms with E-state index in [1.54, 1.807) is 30.6 Å². The zero-order chi connectivity index (χ0) is 23.5. The Morgan fingerprint density at radius 1 is 1.18 bits per heavy atom. The molecule has 4 rings (SSSR count). The van der Waals surface area contributed by atoms with Gasteiger partial charge in [0.1, 0.15) is 17.5 Å². The maximum Gasteiger partial charge on any atom is 0.249 e. The first-order chi connectivity index (χ1) is 15.9. The number of anilines is 3. The maximum atomic E-state index is 13.4. The third kappa shape index (κ3) is 4.44. The molecule has 0 aromatic carbocycles. The van der Waals surface area contributed by atoms with Crippen LogP contribution in [0.3, 0.4) is 0 Å². The number of methoxy groups -OCH3 is 1. The van der Waals surface area contributed by atoms with Crippen molar-refractivity contribution in [1.29, 1.82) is 0 Å². The standard InChI is InChI=1S/C24H29N7O2/c1-15-11-27-19(16(2)21(15)33-4)14-31-17(3)23(32)30(20-13-28-24(25)29-22(20)31)10-6-8-18-7-5-9-26-12-18/h5,7,9,11-13,17H,6,8,10,14H2,1-4H3,(H2,25,28,29)/t17-/m1/s1. The molecule has 172 valence electrons. The maximum absolute atomic E-state index is 13.4. The molecule has 2 N–H and O–H groups in total. The van der Waals surface area contributed by atoms with Crippen LogP contribution in [0.5, 0.6) is 5.75 Å². The van der Waals surface area contributed by atoms with Gasteiger partial charge in [-0.05, 0) is 45.2 Å². The fraction of sp³-hybridized carbons (Fsp3) is 0.375. The number of fused-ring (bicyclic) bond motifs is 1. The molecule has 3 aromatic rings. The molecule has 1 aliphatic rings. The van der Waals surface area contributed by atoms with Crippen molar-refractivity contribution in [2.45, 2.75) is 46.2 Å². The molecule has 33 heavy (non-hydrogen) atoms. The van der Waals surface area contributed by atoms with Gasteiger partial charge in [0.2, 0.25) is 11.9 Å². The number of nitrogen functional groups attached to an aromatic ring is 1. The average Bonchev–Trinajstić information content (AvgIpc) is 2.81. The second kappa shape index (κ2) is 9.40. The van der Waals surface area contributed by atoms with Gasteiger partial charge >= 0.3 is 0 Å². The molecule has 0 unspecified atom stereocenters. The molecule has 0 bridgehead atoms. The summed E-state index contributed by atoms with van der Waals surface area (Å²) in [5, 5.41) is 0. The SMILES string of the molecule is COc1c(C)cnc(CN2c3nc(N)ncc3N(CCCc3cccnc3)C(=O)[C@H]2C)c1C. The van der Waals surface area contributed by atoms with Crippen molar-refractivity contribution in [2.24, 2.45) is 0 Å². The summed E-state index contributed by atoms with van der Waals surface area (Å²) in [6.07, 6.45) is 8.65. The summed E-state index contributed by atoms with van der Waals surface area (Å²) < 4.78 is 5.56. The summed E-state index contributed by atoms with van der Waals surface area (Å²) in [5.41, 5.74) is 10.5. The van der Waals surface area contributed by atoms with Gasteiger partial charge in [-0.2, -0.15) is 4.98 Å². The van der Waals surface area contributed by atoms with Crippen LogP contribution in [0, 0.1) is 13.8 Å². The first-order valence-electron chi connectivity index (χ1n) is 11.0. The molecule has 0 fully saturated rings. The molecule has 3 aromatic heterocycles. The molecule has 4 heterocycles. The van der Waals surface area contributed by atoms with E-state index in [0.717, 1.165) is 41.0 Å². The van der Waals surface area contributed by atoms with Gasteiger partial charge < -0.3 is 20.3 Å². The van der Waals surface area contributed by atoms with Crippen molar-refractivity contribution in [1.82, 2.24) is 19.9 Å². The summed E-state index contributed by atoms with van der Waals surface area (Å²) in [7, 11) is 1.65. The lowest BCUT2D eigenvalue weighted by Gasteiger charge is -2.40. The van der Waals surface area contributed by atoms with Crippen LogP contribution >= 0.6 is 0 Å². The summed E-state index contributed by atoms with van der Waals surface area (Å²) >= 11 is 0. The highest BCUT2D eigenvalue weighted by molar-refractivity contribution is 6.04. The zero-order valence-corrected chi connectivity index (χ0v) is 19.4. The molecule has 9 nitrogen and oxygen atoms in total. The first-order valence-corrected chi connectivity index (χ1v) is 11.0. The molecule has 0 saturated heterocycles. The molecule has 0 radical (unpaired) electrons. The van der Waals surface area contributed by atoms with Crippen molar-refractivity contribution >= 4 is 23.4 Å². The minimum absolute atomic E-state index is 0.00112. The summed E-state index contributed by atoms with van der Waals surface area (Å²) in [6.45, 7) is 6.79. The lowest BCUT2D eigenvalue weighted by Crippen LogP contribution is -2.52. The van der Waals surface area contributed by atoms with Crippen LogP contribution in [0.25, 0.3) is 0 Å². The molecule has 1 amide bonds.